The zero-order valence-electron chi connectivity index (χ0n) is 18.4. The van der Waals surface area contributed by atoms with E-state index in [-0.39, 0.29) is 29.8 Å². The first-order valence-electron chi connectivity index (χ1n) is 11.3. The van der Waals surface area contributed by atoms with Gasteiger partial charge in [-0.1, -0.05) is 18.5 Å². The van der Waals surface area contributed by atoms with Gasteiger partial charge in [-0.25, -0.2) is 0 Å². The van der Waals surface area contributed by atoms with Crippen molar-refractivity contribution in [3.63, 3.8) is 0 Å². The fraction of sp³-hybridized carbons (Fsp3) is 0.400. The molecule has 6 rings (SSSR count). The van der Waals surface area contributed by atoms with Gasteiger partial charge in [0, 0.05) is 46.2 Å². The second-order valence-corrected chi connectivity index (χ2v) is 11.0. The number of aromatic nitrogens is 1. The van der Waals surface area contributed by atoms with E-state index >= 15 is 0 Å². The molecule has 3 aromatic rings. The molecule has 3 fully saturated rings. The average molecular weight is 482 g/mol. The zero-order valence-corrected chi connectivity index (χ0v) is 20.0. The molecule has 3 aliphatic rings. The van der Waals surface area contributed by atoms with E-state index in [0.29, 0.717) is 17.5 Å². The molecule has 0 spiro atoms. The van der Waals surface area contributed by atoms with Crippen molar-refractivity contribution in [1.29, 1.82) is 0 Å². The van der Waals surface area contributed by atoms with Gasteiger partial charge in [-0.3, -0.25) is 19.5 Å². The quantitative estimate of drug-likeness (QED) is 0.546. The van der Waals surface area contributed by atoms with Crippen LogP contribution in [0.5, 0.6) is 5.75 Å². The molecule has 8 heteroatoms. The smallest absolute Gasteiger partial charge is 0.233 e. The monoisotopic (exact) mass is 481 g/mol. The molecule has 0 bridgehead atoms. The Labute approximate surface area is 200 Å². The number of imide groups is 1. The van der Waals surface area contributed by atoms with Gasteiger partial charge in [0.05, 0.1) is 28.6 Å². The molecule has 1 aromatic carbocycles. The lowest BCUT2D eigenvalue weighted by atomic mass is 10.0. The average Bonchev–Trinajstić information content (AvgIpc) is 3.22. The van der Waals surface area contributed by atoms with Crippen LogP contribution in [-0.2, 0) is 16.1 Å². The van der Waals surface area contributed by atoms with Crippen molar-refractivity contribution in [2.75, 3.05) is 13.1 Å². The molecule has 2 unspecified atom stereocenters. The third-order valence-electron chi connectivity index (χ3n) is 6.98. The molecule has 0 radical (unpaired) electrons. The number of benzene rings is 1. The molecule has 2 aromatic heterocycles. The standard InChI is InChI=1S/C25H24ClN3O3S/c1-12-5-14(26)6-17(22(12)32-21-10-27-9-13(21)2)16-3-4-28-20-7-15(33-23(16)20)11-29-24(30)18-8-19(18)25(29)31/h3-7,13,18-19,21,27H,8-11H2,1-2H3/t13-,18?,19?,21+/m0/s1. The van der Waals surface area contributed by atoms with E-state index in [0.717, 1.165) is 57.0 Å². The van der Waals surface area contributed by atoms with Gasteiger partial charge in [0.1, 0.15) is 11.9 Å². The van der Waals surface area contributed by atoms with Crippen molar-refractivity contribution in [3.05, 3.63) is 45.9 Å². The number of thiophene rings is 1. The Kier molecular flexibility index (Phi) is 4.98. The van der Waals surface area contributed by atoms with E-state index in [4.69, 9.17) is 16.3 Å². The Bertz CT molecular complexity index is 1290. The van der Waals surface area contributed by atoms with Crippen molar-refractivity contribution in [1.82, 2.24) is 15.2 Å². The lowest BCUT2D eigenvalue weighted by Crippen LogP contribution is -2.31. The number of halogens is 1. The van der Waals surface area contributed by atoms with Gasteiger partial charge in [0.2, 0.25) is 11.8 Å². The Morgan fingerprint density at radius 1 is 1.18 bits per heavy atom. The van der Waals surface area contributed by atoms with E-state index in [9.17, 15) is 9.59 Å². The number of likely N-dealkylation sites (tertiary alicyclic amines) is 1. The van der Waals surface area contributed by atoms with Crippen LogP contribution in [0.2, 0.25) is 5.02 Å². The number of amides is 2. The van der Waals surface area contributed by atoms with Gasteiger partial charge in [0.25, 0.3) is 0 Å². The summed E-state index contributed by atoms with van der Waals surface area (Å²) >= 11 is 8.04. The van der Waals surface area contributed by atoms with E-state index in [1.165, 1.54) is 4.90 Å². The molecule has 1 saturated carbocycles. The maximum Gasteiger partial charge on any atom is 0.233 e. The number of hydrogen-bond donors (Lipinski definition) is 1. The van der Waals surface area contributed by atoms with Gasteiger partial charge >= 0.3 is 0 Å². The Morgan fingerprint density at radius 3 is 2.70 bits per heavy atom. The highest BCUT2D eigenvalue weighted by atomic mass is 35.5. The number of nitrogens with zero attached hydrogens (tertiary/aromatic N) is 2. The third-order valence-corrected chi connectivity index (χ3v) is 8.34. The lowest BCUT2D eigenvalue weighted by Gasteiger charge is -2.22. The van der Waals surface area contributed by atoms with Crippen molar-refractivity contribution >= 4 is 45.0 Å². The molecule has 2 amide bonds. The molecule has 4 atom stereocenters. The molecule has 33 heavy (non-hydrogen) atoms. The summed E-state index contributed by atoms with van der Waals surface area (Å²) in [6.07, 6.45) is 2.60. The largest absolute Gasteiger partial charge is 0.488 e. The number of hydrogen-bond acceptors (Lipinski definition) is 6. The van der Waals surface area contributed by atoms with Gasteiger partial charge in [-0.05, 0) is 43.2 Å². The summed E-state index contributed by atoms with van der Waals surface area (Å²) < 4.78 is 7.53. The lowest BCUT2D eigenvalue weighted by molar-refractivity contribution is -0.141. The summed E-state index contributed by atoms with van der Waals surface area (Å²) in [6.45, 7) is 6.28. The summed E-state index contributed by atoms with van der Waals surface area (Å²) in [6, 6.07) is 7.85. The van der Waals surface area contributed by atoms with E-state index < -0.39 is 0 Å². The molecular formula is C25H24ClN3O3S. The molecule has 2 saturated heterocycles. The highest BCUT2D eigenvalue weighted by Gasteiger charge is 2.58. The van der Waals surface area contributed by atoms with Gasteiger partial charge < -0.3 is 10.1 Å². The van der Waals surface area contributed by atoms with Crippen molar-refractivity contribution in [2.45, 2.75) is 32.9 Å². The second kappa shape index (κ2) is 7.79. The van der Waals surface area contributed by atoms with Crippen LogP contribution in [0.15, 0.2) is 30.5 Å². The van der Waals surface area contributed by atoms with Gasteiger partial charge in [-0.15, -0.1) is 11.3 Å². The summed E-state index contributed by atoms with van der Waals surface area (Å²) in [7, 11) is 0. The van der Waals surface area contributed by atoms with Crippen LogP contribution in [0.25, 0.3) is 21.3 Å². The molecule has 1 aliphatic carbocycles. The fourth-order valence-electron chi connectivity index (χ4n) is 5.02. The Hall–Kier alpha value is -2.48. The van der Waals surface area contributed by atoms with Crippen LogP contribution in [0.4, 0.5) is 0 Å². The van der Waals surface area contributed by atoms with E-state index in [2.05, 4.69) is 17.2 Å². The van der Waals surface area contributed by atoms with Crippen LogP contribution < -0.4 is 10.1 Å². The minimum atomic E-state index is -0.0813. The molecule has 1 N–H and O–H groups in total. The number of ether oxygens (including phenoxy) is 1. The number of nitrogens with one attached hydrogen (secondary N) is 1. The molecule has 6 nitrogen and oxygen atoms in total. The van der Waals surface area contributed by atoms with Crippen molar-refractivity contribution in [3.8, 4) is 16.9 Å². The van der Waals surface area contributed by atoms with Crippen LogP contribution in [0, 0.1) is 24.7 Å². The van der Waals surface area contributed by atoms with Gasteiger partial charge in [0.15, 0.2) is 0 Å². The SMILES string of the molecule is Cc1cc(Cl)cc(-c2ccnc3cc(CN4C(=O)C5CC5C4=O)sc23)c1O[C@@H]1CNC[C@@H]1C. The molecule has 2 aliphatic heterocycles. The zero-order chi connectivity index (χ0) is 22.9. The summed E-state index contributed by atoms with van der Waals surface area (Å²) in [5.74, 6) is 1.03. The first-order valence-corrected chi connectivity index (χ1v) is 12.5. The molecule has 4 heterocycles. The normalized spacial score (nSPS) is 26.3. The summed E-state index contributed by atoms with van der Waals surface area (Å²) in [5, 5.41) is 4.05. The van der Waals surface area contributed by atoms with E-state index in [1.807, 2.05) is 31.2 Å². The topological polar surface area (TPSA) is 71.5 Å². The summed E-state index contributed by atoms with van der Waals surface area (Å²) in [5.41, 5.74) is 3.77. The first kappa shape index (κ1) is 21.1. The Morgan fingerprint density at radius 2 is 1.97 bits per heavy atom. The number of carbonyl (C=O) groups is 2. The van der Waals surface area contributed by atoms with Crippen molar-refractivity contribution in [2.24, 2.45) is 17.8 Å². The maximum absolute atomic E-state index is 12.4. The number of aryl methyl sites for hydroxylation is 1. The molecule has 170 valence electrons. The van der Waals surface area contributed by atoms with Crippen molar-refractivity contribution < 1.29 is 14.3 Å². The number of pyridine rings is 1. The van der Waals surface area contributed by atoms with E-state index in [1.54, 1.807) is 17.5 Å². The molecular weight excluding hydrogens is 458 g/mol. The van der Waals surface area contributed by atoms with Crippen LogP contribution in [0.3, 0.4) is 0 Å². The minimum Gasteiger partial charge on any atom is -0.488 e. The number of piperidine rings is 1. The minimum absolute atomic E-state index is 0.0314. The predicted molar refractivity (Wildman–Crippen MR) is 128 cm³/mol. The highest BCUT2D eigenvalue weighted by molar-refractivity contribution is 7.19. The van der Waals surface area contributed by atoms with Crippen LogP contribution in [-0.4, -0.2) is 40.9 Å². The highest BCUT2D eigenvalue weighted by Crippen LogP contribution is 2.48. The predicted octanol–water partition coefficient (Wildman–Crippen LogP) is 4.42. The second-order valence-electron chi connectivity index (χ2n) is 9.39. The maximum atomic E-state index is 12.4. The third kappa shape index (κ3) is 3.54. The number of rotatable bonds is 5. The first-order chi connectivity index (χ1) is 15.9. The van der Waals surface area contributed by atoms with Gasteiger partial charge in [-0.2, -0.15) is 0 Å². The number of carbonyl (C=O) groups excluding carboxylic acids is 2. The van der Waals surface area contributed by atoms with Crippen LogP contribution >= 0.6 is 22.9 Å². The number of fused-ring (bicyclic) bond motifs is 2. The fourth-order valence-corrected chi connectivity index (χ4v) is 6.42. The van der Waals surface area contributed by atoms with Crippen LogP contribution in [0.1, 0.15) is 23.8 Å². The summed E-state index contributed by atoms with van der Waals surface area (Å²) in [4.78, 5) is 31.8. The Balaban J connectivity index is 1.39.